The smallest absolute Gasteiger partial charge is 0.170 e. The van der Waals surface area contributed by atoms with Crippen molar-refractivity contribution in [3.05, 3.63) is 96.6 Å². The number of morpholine rings is 1. The van der Waals surface area contributed by atoms with E-state index in [4.69, 9.17) is 21.9 Å². The fourth-order valence-corrected chi connectivity index (χ4v) is 5.79. The maximum absolute atomic E-state index is 5.91. The number of rotatable bonds is 7. The molecule has 0 unspecified atom stereocenters. The van der Waals surface area contributed by atoms with E-state index < -0.39 is 0 Å². The van der Waals surface area contributed by atoms with E-state index >= 15 is 0 Å². The Morgan fingerprint density at radius 3 is 2.58 bits per heavy atom. The summed E-state index contributed by atoms with van der Waals surface area (Å²) >= 11 is 5.91. The van der Waals surface area contributed by atoms with E-state index in [1.54, 1.807) is 0 Å². The zero-order chi connectivity index (χ0) is 24.3. The van der Waals surface area contributed by atoms with Crippen LogP contribution in [0.5, 0.6) is 0 Å². The van der Waals surface area contributed by atoms with Gasteiger partial charge in [0.15, 0.2) is 5.11 Å². The van der Waals surface area contributed by atoms with Crippen molar-refractivity contribution in [3.63, 3.8) is 0 Å². The molecule has 6 rings (SSSR count). The molecule has 0 spiro atoms. The van der Waals surface area contributed by atoms with Crippen LogP contribution in [0, 0.1) is 0 Å². The lowest BCUT2D eigenvalue weighted by Gasteiger charge is -2.31. The average Bonchev–Trinajstić information content (AvgIpc) is 3.54. The van der Waals surface area contributed by atoms with Gasteiger partial charge in [0.05, 0.1) is 31.0 Å². The Morgan fingerprint density at radius 1 is 0.917 bits per heavy atom. The molecule has 0 bridgehead atoms. The first-order chi connectivity index (χ1) is 17.8. The third kappa shape index (κ3) is 4.62. The molecule has 2 aromatic heterocycles. The second kappa shape index (κ2) is 10.4. The first-order valence-corrected chi connectivity index (χ1v) is 13.1. The minimum atomic E-state index is -0.0174. The van der Waals surface area contributed by atoms with Crippen molar-refractivity contribution in [1.29, 1.82) is 0 Å². The average molecular weight is 498 g/mol. The molecule has 0 aliphatic carbocycles. The highest BCUT2D eigenvalue weighted by Crippen LogP contribution is 2.39. The number of hydrogen-bond donors (Lipinski definition) is 1. The number of fused-ring (bicyclic) bond motifs is 1. The summed E-state index contributed by atoms with van der Waals surface area (Å²) in [5.74, 6) is 0. The van der Waals surface area contributed by atoms with Crippen LogP contribution in [0.15, 0.2) is 85.2 Å². The van der Waals surface area contributed by atoms with Gasteiger partial charge in [0.1, 0.15) is 0 Å². The molecule has 2 aliphatic heterocycles. The Morgan fingerprint density at radius 2 is 1.75 bits per heavy atom. The van der Waals surface area contributed by atoms with Crippen LogP contribution in [-0.2, 0) is 4.74 Å². The van der Waals surface area contributed by atoms with Gasteiger partial charge >= 0.3 is 0 Å². The molecular weight excluding hydrogens is 466 g/mol. The van der Waals surface area contributed by atoms with Gasteiger partial charge in [-0.05, 0) is 65.8 Å². The lowest BCUT2D eigenvalue weighted by molar-refractivity contribution is 0.0365. The lowest BCUT2D eigenvalue weighted by atomic mass is 10.0. The van der Waals surface area contributed by atoms with Gasteiger partial charge in [-0.15, -0.1) is 0 Å². The van der Waals surface area contributed by atoms with Gasteiger partial charge in [0.25, 0.3) is 0 Å². The van der Waals surface area contributed by atoms with Crippen LogP contribution in [0.3, 0.4) is 0 Å². The minimum Gasteiger partial charge on any atom is -0.379 e. The maximum Gasteiger partial charge on any atom is 0.170 e. The number of ether oxygens (including phenoxy) is 1. The van der Waals surface area contributed by atoms with Crippen LogP contribution in [0.1, 0.15) is 29.9 Å². The molecule has 2 fully saturated rings. The quantitative estimate of drug-likeness (QED) is 0.373. The summed E-state index contributed by atoms with van der Waals surface area (Å²) in [7, 11) is 0. The molecular formula is C29H31N5OS. The molecule has 6 nitrogen and oxygen atoms in total. The molecule has 184 valence electrons. The number of nitrogens with one attached hydrogen (secondary N) is 1. The van der Waals surface area contributed by atoms with E-state index in [0.29, 0.717) is 0 Å². The van der Waals surface area contributed by atoms with Crippen molar-refractivity contribution < 1.29 is 4.74 Å². The lowest BCUT2D eigenvalue weighted by Crippen LogP contribution is -2.39. The van der Waals surface area contributed by atoms with E-state index in [1.807, 2.05) is 18.3 Å². The Labute approximate surface area is 217 Å². The highest BCUT2D eigenvalue weighted by atomic mass is 32.1. The predicted octanol–water partition coefficient (Wildman–Crippen LogP) is 4.72. The first kappa shape index (κ1) is 23.2. The van der Waals surface area contributed by atoms with Gasteiger partial charge in [-0.3, -0.25) is 9.88 Å². The highest BCUT2D eigenvalue weighted by Gasteiger charge is 2.41. The minimum absolute atomic E-state index is 0.0174. The summed E-state index contributed by atoms with van der Waals surface area (Å²) in [5.41, 5.74) is 3.37. The molecule has 2 aromatic carbocycles. The van der Waals surface area contributed by atoms with Crippen molar-refractivity contribution in [2.45, 2.75) is 18.5 Å². The summed E-state index contributed by atoms with van der Waals surface area (Å²) in [6, 6.07) is 25.6. The number of hydrogen-bond acceptors (Lipinski definition) is 4. The van der Waals surface area contributed by atoms with Crippen LogP contribution in [0.4, 0.5) is 0 Å². The number of thiocarbonyl (C=S) groups is 1. The summed E-state index contributed by atoms with van der Waals surface area (Å²) in [6.07, 6.45) is 5.06. The van der Waals surface area contributed by atoms with E-state index in [9.17, 15) is 0 Å². The summed E-state index contributed by atoms with van der Waals surface area (Å²) < 4.78 is 7.82. The molecule has 0 saturated carbocycles. The van der Waals surface area contributed by atoms with Gasteiger partial charge in [0, 0.05) is 50.0 Å². The molecule has 2 saturated heterocycles. The summed E-state index contributed by atoms with van der Waals surface area (Å²) in [5, 5.41) is 6.88. The Hall–Kier alpha value is -3.26. The third-order valence-corrected chi connectivity index (χ3v) is 7.62. The highest BCUT2D eigenvalue weighted by molar-refractivity contribution is 7.80. The largest absolute Gasteiger partial charge is 0.379 e. The van der Waals surface area contributed by atoms with E-state index in [0.717, 1.165) is 62.3 Å². The van der Waals surface area contributed by atoms with Gasteiger partial charge in [-0.25, -0.2) is 0 Å². The van der Waals surface area contributed by atoms with Crippen molar-refractivity contribution in [1.82, 2.24) is 24.7 Å². The van der Waals surface area contributed by atoms with Crippen molar-refractivity contribution in [2.75, 3.05) is 39.4 Å². The predicted molar refractivity (Wildman–Crippen MR) is 147 cm³/mol. The normalized spacial score (nSPS) is 20.7. The van der Waals surface area contributed by atoms with Crippen molar-refractivity contribution in [3.8, 4) is 5.69 Å². The maximum atomic E-state index is 5.91. The zero-order valence-electron chi connectivity index (χ0n) is 20.3. The fraction of sp³-hybridized carbons (Fsp3) is 0.310. The number of aromatic nitrogens is 2. The van der Waals surface area contributed by atoms with Crippen molar-refractivity contribution in [2.24, 2.45) is 0 Å². The second-order valence-corrected chi connectivity index (χ2v) is 9.85. The van der Waals surface area contributed by atoms with E-state index in [2.05, 4.69) is 86.5 Å². The summed E-state index contributed by atoms with van der Waals surface area (Å²) in [6.45, 7) is 5.61. The second-order valence-electron chi connectivity index (χ2n) is 9.46. The van der Waals surface area contributed by atoms with Crippen LogP contribution >= 0.6 is 12.2 Å². The Balaban J connectivity index is 1.33. The van der Waals surface area contributed by atoms with Crippen molar-refractivity contribution >= 4 is 28.1 Å². The van der Waals surface area contributed by atoms with E-state index in [1.165, 1.54) is 16.5 Å². The molecule has 36 heavy (non-hydrogen) atoms. The van der Waals surface area contributed by atoms with Gasteiger partial charge in [0.2, 0.25) is 0 Å². The fourth-order valence-electron chi connectivity index (χ4n) is 5.45. The standard InChI is InChI=1S/C29H31N5OS/c36-29-31-27(25-9-3-4-13-30-25)28(34(29)16-6-14-32-17-19-35-20-18-32)26-10-5-15-33(26)24-12-11-22-7-1-2-8-23(22)21-24/h1-5,7-13,15,21,27-28H,6,14,16-20H2,(H,31,36)/t27-,28-/m1/s1. The van der Waals surface area contributed by atoms with Crippen LogP contribution in [0.2, 0.25) is 0 Å². The van der Waals surface area contributed by atoms with Crippen LogP contribution in [-0.4, -0.2) is 63.9 Å². The number of nitrogens with zero attached hydrogens (tertiary/aromatic N) is 4. The van der Waals surface area contributed by atoms with Gasteiger partial charge in [-0.2, -0.15) is 0 Å². The van der Waals surface area contributed by atoms with E-state index in [-0.39, 0.29) is 12.1 Å². The first-order valence-electron chi connectivity index (χ1n) is 12.7. The molecule has 2 aliphatic rings. The SMILES string of the molecule is S=C1N[C@H](c2ccccn2)[C@@H](c2cccn2-c2ccc3ccccc3c2)N1CCCN1CCOCC1. The summed E-state index contributed by atoms with van der Waals surface area (Å²) in [4.78, 5) is 9.55. The number of benzene rings is 2. The molecule has 0 amide bonds. The molecule has 1 N–H and O–H groups in total. The molecule has 4 aromatic rings. The molecule has 0 radical (unpaired) electrons. The molecule has 2 atom stereocenters. The molecule has 7 heteroatoms. The molecule has 4 heterocycles. The number of pyridine rings is 1. The topological polar surface area (TPSA) is 45.6 Å². The van der Waals surface area contributed by atoms with Crippen LogP contribution in [0.25, 0.3) is 16.5 Å². The van der Waals surface area contributed by atoms with Gasteiger partial charge in [-0.1, -0.05) is 36.4 Å². The monoisotopic (exact) mass is 497 g/mol. The zero-order valence-corrected chi connectivity index (χ0v) is 21.1. The third-order valence-electron chi connectivity index (χ3n) is 7.27. The Kier molecular flexibility index (Phi) is 6.68. The Bertz CT molecular complexity index is 1330. The van der Waals surface area contributed by atoms with Gasteiger partial charge < -0.3 is 19.5 Å². The van der Waals surface area contributed by atoms with Crippen LogP contribution < -0.4 is 5.32 Å².